The molecule has 0 aromatic heterocycles. The van der Waals surface area contributed by atoms with E-state index >= 15 is 0 Å². The molecule has 0 bridgehead atoms. The molecule has 0 atom stereocenters. The summed E-state index contributed by atoms with van der Waals surface area (Å²) in [5.41, 5.74) is 1.28. The zero-order valence-electron chi connectivity index (χ0n) is 13.4. The van der Waals surface area contributed by atoms with Crippen molar-refractivity contribution in [1.82, 2.24) is 0 Å². The third kappa shape index (κ3) is 2.41. The molecule has 0 amide bonds. The van der Waals surface area contributed by atoms with Crippen molar-refractivity contribution < 1.29 is 0 Å². The molecule has 0 unspecified atom stereocenters. The highest BCUT2D eigenvalue weighted by molar-refractivity contribution is 6.40. The second kappa shape index (κ2) is 4.91. The first-order valence-electron chi connectivity index (χ1n) is 8.33. The van der Waals surface area contributed by atoms with Crippen molar-refractivity contribution in [3.63, 3.8) is 0 Å². The molecule has 102 valence electrons. The van der Waals surface area contributed by atoms with Crippen molar-refractivity contribution >= 4 is 15.7 Å². The molecule has 0 aromatic rings. The largest absolute Gasteiger partial charge is 0.100 e. The first kappa shape index (κ1) is 14.5. The van der Waals surface area contributed by atoms with Crippen LogP contribution in [0.15, 0.2) is 0 Å². The summed E-state index contributed by atoms with van der Waals surface area (Å²) in [6.07, 6.45) is 13.5. The average molecular weight is 246 g/mol. The van der Waals surface area contributed by atoms with E-state index in [0.717, 1.165) is 11.3 Å². The van der Waals surface area contributed by atoms with Gasteiger partial charge in [-0.1, -0.05) is 58.1 Å². The lowest BCUT2D eigenvalue weighted by atomic mass is 9.36. The summed E-state index contributed by atoms with van der Waals surface area (Å²) in [4.78, 5) is 0. The molecule has 0 aliphatic heterocycles. The molecule has 0 aromatic carbocycles. The smallest absolute Gasteiger partial charge is 0.0769 e. The van der Waals surface area contributed by atoms with Crippen molar-refractivity contribution in [2.45, 2.75) is 83.8 Å². The van der Waals surface area contributed by atoms with E-state index in [0.29, 0.717) is 10.6 Å². The Bertz CT molecular complexity index is 277. The lowest BCUT2D eigenvalue weighted by molar-refractivity contribution is 0.109. The molecule has 2 fully saturated rings. The van der Waals surface area contributed by atoms with Crippen LogP contribution < -0.4 is 0 Å². The molecule has 0 heterocycles. The van der Waals surface area contributed by atoms with Gasteiger partial charge in [-0.3, -0.25) is 0 Å². The van der Waals surface area contributed by atoms with E-state index in [4.69, 9.17) is 0 Å². The van der Waals surface area contributed by atoms with Crippen LogP contribution in [0, 0.1) is 16.7 Å². The topological polar surface area (TPSA) is 0 Å². The Balaban J connectivity index is 2.00. The summed E-state index contributed by atoms with van der Waals surface area (Å²) in [5.74, 6) is 0.957. The van der Waals surface area contributed by atoms with E-state index in [1.165, 1.54) is 57.8 Å². The Morgan fingerprint density at radius 1 is 1.00 bits per heavy atom. The van der Waals surface area contributed by atoms with Gasteiger partial charge in [-0.05, 0) is 42.4 Å². The van der Waals surface area contributed by atoms with E-state index in [1.807, 2.05) is 0 Å². The van der Waals surface area contributed by atoms with E-state index in [1.54, 1.807) is 0 Å². The summed E-state index contributed by atoms with van der Waals surface area (Å²) in [7, 11) is 5.07. The zero-order chi connectivity index (χ0) is 13.4. The highest BCUT2D eigenvalue weighted by atomic mass is 14.5. The number of rotatable bonds is 3. The van der Waals surface area contributed by atoms with E-state index in [2.05, 4.69) is 36.5 Å². The van der Waals surface area contributed by atoms with Crippen LogP contribution in [0.1, 0.15) is 78.6 Å². The lowest BCUT2D eigenvalue weighted by Gasteiger charge is -2.51. The van der Waals surface area contributed by atoms with Gasteiger partial charge in [0.1, 0.15) is 15.7 Å². The minimum atomic E-state index is 0.484. The van der Waals surface area contributed by atoms with Crippen molar-refractivity contribution in [1.29, 1.82) is 0 Å². The maximum atomic E-state index is 2.54. The predicted octanol–water partition coefficient (Wildman–Crippen LogP) is 3.56. The minimum absolute atomic E-state index is 0.484. The number of hydrogen-bond acceptors (Lipinski definition) is 0. The van der Waals surface area contributed by atoms with Crippen LogP contribution in [0.25, 0.3) is 0 Å². The van der Waals surface area contributed by atoms with Gasteiger partial charge >= 0.3 is 0 Å². The SMILES string of the molecule is BC(B)(C1CCC2(CCCC2)CC1)C(C)(C)CC. The highest BCUT2D eigenvalue weighted by Crippen LogP contribution is 2.58. The van der Waals surface area contributed by atoms with Crippen molar-refractivity contribution in [3.8, 4) is 0 Å². The van der Waals surface area contributed by atoms with E-state index in [9.17, 15) is 0 Å². The van der Waals surface area contributed by atoms with Gasteiger partial charge in [-0.15, -0.1) is 0 Å². The van der Waals surface area contributed by atoms with Gasteiger partial charge in [0.25, 0.3) is 0 Å². The fourth-order valence-corrected chi connectivity index (χ4v) is 4.59. The molecule has 0 N–H and O–H groups in total. The minimum Gasteiger partial charge on any atom is -0.0769 e. The fourth-order valence-electron chi connectivity index (χ4n) is 4.59. The van der Waals surface area contributed by atoms with E-state index < -0.39 is 0 Å². The quantitative estimate of drug-likeness (QED) is 0.668. The summed E-state index contributed by atoms with van der Waals surface area (Å²) in [5, 5.41) is 0.502. The number of hydrogen-bond donors (Lipinski definition) is 0. The average Bonchev–Trinajstić information content (AvgIpc) is 2.78. The third-order valence-corrected chi connectivity index (χ3v) is 7.36. The van der Waals surface area contributed by atoms with Gasteiger partial charge in [0.15, 0.2) is 0 Å². The van der Waals surface area contributed by atoms with Crippen molar-refractivity contribution in [2.24, 2.45) is 16.7 Å². The van der Waals surface area contributed by atoms with Gasteiger partial charge in [-0.2, -0.15) is 0 Å². The maximum absolute atomic E-state index is 2.54. The third-order valence-electron chi connectivity index (χ3n) is 7.36. The molecular formula is C16H32B2. The van der Waals surface area contributed by atoms with Crippen molar-refractivity contribution in [2.75, 3.05) is 0 Å². The van der Waals surface area contributed by atoms with Crippen molar-refractivity contribution in [3.05, 3.63) is 0 Å². The standard InChI is InChI=1S/C16H32B2/c1-4-14(2,3)16(17,18)13-7-11-15(12-8-13)9-5-6-10-15/h13H,4-12,17-18H2,1-3H3. The summed E-state index contributed by atoms with van der Waals surface area (Å²) in [6, 6.07) is 0. The Hall–Kier alpha value is 0.130. The fraction of sp³-hybridized carbons (Fsp3) is 1.00. The van der Waals surface area contributed by atoms with Crippen LogP contribution in [-0.2, 0) is 0 Å². The van der Waals surface area contributed by atoms with Gasteiger partial charge in [0.2, 0.25) is 0 Å². The molecule has 0 saturated heterocycles. The molecule has 1 spiro atoms. The Labute approximate surface area is 117 Å². The predicted molar refractivity (Wildman–Crippen MR) is 86.7 cm³/mol. The summed E-state index contributed by atoms with van der Waals surface area (Å²) >= 11 is 0. The second-order valence-electron chi connectivity index (χ2n) is 8.44. The molecule has 2 heteroatoms. The summed E-state index contributed by atoms with van der Waals surface area (Å²) in [6.45, 7) is 7.32. The van der Waals surface area contributed by atoms with E-state index in [-0.39, 0.29) is 0 Å². The highest BCUT2D eigenvalue weighted by Gasteiger charge is 2.46. The van der Waals surface area contributed by atoms with Gasteiger partial charge < -0.3 is 0 Å². The van der Waals surface area contributed by atoms with Gasteiger partial charge in [0.05, 0.1) is 0 Å². The Morgan fingerprint density at radius 2 is 1.50 bits per heavy atom. The van der Waals surface area contributed by atoms with Crippen LogP contribution >= 0.6 is 0 Å². The lowest BCUT2D eigenvalue weighted by Crippen LogP contribution is -2.41. The molecule has 2 aliphatic carbocycles. The van der Waals surface area contributed by atoms with Crippen LogP contribution in [0.2, 0.25) is 5.21 Å². The van der Waals surface area contributed by atoms with Gasteiger partial charge in [0, 0.05) is 0 Å². The maximum Gasteiger partial charge on any atom is 0.100 e. The first-order chi connectivity index (χ1) is 8.33. The first-order valence-corrected chi connectivity index (χ1v) is 8.33. The molecule has 18 heavy (non-hydrogen) atoms. The molecule has 2 aliphatic rings. The second-order valence-corrected chi connectivity index (χ2v) is 8.44. The normalized spacial score (nSPS) is 25.7. The Morgan fingerprint density at radius 3 is 1.94 bits per heavy atom. The van der Waals surface area contributed by atoms with Crippen LogP contribution in [0.4, 0.5) is 0 Å². The van der Waals surface area contributed by atoms with Crippen LogP contribution in [-0.4, -0.2) is 15.7 Å². The monoisotopic (exact) mass is 246 g/mol. The molecule has 2 rings (SSSR count). The van der Waals surface area contributed by atoms with Gasteiger partial charge in [-0.25, -0.2) is 0 Å². The molecule has 2 saturated carbocycles. The molecule has 0 radical (unpaired) electrons. The molecular weight excluding hydrogens is 214 g/mol. The molecule has 0 nitrogen and oxygen atoms in total. The zero-order valence-corrected chi connectivity index (χ0v) is 13.4. The van der Waals surface area contributed by atoms with Crippen LogP contribution in [0.3, 0.4) is 0 Å². The summed E-state index contributed by atoms with van der Waals surface area (Å²) < 4.78 is 0. The Kier molecular flexibility index (Phi) is 3.96. The van der Waals surface area contributed by atoms with Crippen LogP contribution in [0.5, 0.6) is 0 Å².